The molecule has 6 heteroatoms. The lowest BCUT2D eigenvalue weighted by Crippen LogP contribution is -2.51. The van der Waals surface area contributed by atoms with Crippen molar-refractivity contribution in [1.29, 1.82) is 0 Å². The van der Waals surface area contributed by atoms with Gasteiger partial charge in [0.05, 0.1) is 5.56 Å². The van der Waals surface area contributed by atoms with Crippen molar-refractivity contribution >= 4 is 5.91 Å². The number of nitrogens with one attached hydrogen (secondary N) is 1. The summed E-state index contributed by atoms with van der Waals surface area (Å²) >= 11 is 0. The second kappa shape index (κ2) is 4.97. The van der Waals surface area contributed by atoms with Gasteiger partial charge in [-0.3, -0.25) is 4.79 Å². The van der Waals surface area contributed by atoms with Crippen LogP contribution in [0.5, 0.6) is 0 Å². The Hall–Kier alpha value is -1.56. The molecule has 0 spiro atoms. The van der Waals surface area contributed by atoms with E-state index in [0.29, 0.717) is 19.6 Å². The number of carbonyl (C=O) groups is 1. The van der Waals surface area contributed by atoms with Gasteiger partial charge in [0, 0.05) is 25.7 Å². The minimum Gasteiger partial charge on any atom is -0.336 e. The van der Waals surface area contributed by atoms with Crippen LogP contribution in [0.25, 0.3) is 0 Å². The fourth-order valence-electron chi connectivity index (χ4n) is 1.98. The molecule has 1 aromatic carbocycles. The molecular weight excluding hydrogens is 245 g/mol. The Bertz CT molecular complexity index is 479. The second-order valence-corrected chi connectivity index (χ2v) is 4.33. The van der Waals surface area contributed by atoms with Crippen LogP contribution >= 0.6 is 0 Å². The first-order valence-electron chi connectivity index (χ1n) is 5.67. The number of carbonyl (C=O) groups excluding carboxylic acids is 1. The van der Waals surface area contributed by atoms with E-state index in [4.69, 9.17) is 0 Å². The van der Waals surface area contributed by atoms with Crippen LogP contribution in [0.4, 0.5) is 13.2 Å². The highest BCUT2D eigenvalue weighted by molar-refractivity contribution is 5.94. The normalized spacial score (nSPS) is 20.0. The minimum absolute atomic E-state index is 0.0936. The van der Waals surface area contributed by atoms with Gasteiger partial charge in [0.2, 0.25) is 0 Å². The first-order chi connectivity index (χ1) is 8.50. The third-order valence-corrected chi connectivity index (χ3v) is 2.92. The maximum atomic E-state index is 13.5. The molecule has 1 aromatic rings. The summed E-state index contributed by atoms with van der Waals surface area (Å²) in [5.41, 5.74) is -0.428. The molecule has 0 aromatic heterocycles. The molecule has 98 valence electrons. The topological polar surface area (TPSA) is 32.3 Å². The summed E-state index contributed by atoms with van der Waals surface area (Å²) in [6, 6.07) is 1.83. The van der Waals surface area contributed by atoms with Crippen LogP contribution in [-0.2, 0) is 0 Å². The fourth-order valence-corrected chi connectivity index (χ4v) is 1.98. The molecular formula is C12H13F3N2O. The summed E-state index contributed by atoms with van der Waals surface area (Å²) in [6.45, 7) is 3.32. The van der Waals surface area contributed by atoms with Gasteiger partial charge in [0.15, 0.2) is 17.5 Å². The molecule has 1 aliphatic rings. The number of hydrogen-bond donors (Lipinski definition) is 1. The van der Waals surface area contributed by atoms with E-state index in [1.54, 1.807) is 0 Å². The van der Waals surface area contributed by atoms with Crippen LogP contribution in [-0.4, -0.2) is 36.5 Å². The number of hydrogen-bond acceptors (Lipinski definition) is 2. The van der Waals surface area contributed by atoms with Crippen molar-refractivity contribution in [3.05, 3.63) is 35.1 Å². The molecule has 1 aliphatic heterocycles. The smallest absolute Gasteiger partial charge is 0.257 e. The Morgan fingerprint density at radius 2 is 2.06 bits per heavy atom. The summed E-state index contributed by atoms with van der Waals surface area (Å²) in [4.78, 5) is 13.4. The summed E-state index contributed by atoms with van der Waals surface area (Å²) in [5, 5.41) is 3.13. The van der Waals surface area contributed by atoms with Crippen molar-refractivity contribution in [3.8, 4) is 0 Å². The fraction of sp³-hybridized carbons (Fsp3) is 0.417. The summed E-state index contributed by atoms with van der Waals surface area (Å²) in [6.07, 6.45) is 0. The van der Waals surface area contributed by atoms with Gasteiger partial charge in [-0.25, -0.2) is 13.2 Å². The maximum Gasteiger partial charge on any atom is 0.257 e. The lowest BCUT2D eigenvalue weighted by molar-refractivity contribution is 0.0703. The van der Waals surface area contributed by atoms with E-state index >= 15 is 0 Å². The Morgan fingerprint density at radius 1 is 1.33 bits per heavy atom. The van der Waals surface area contributed by atoms with E-state index in [-0.39, 0.29) is 6.04 Å². The number of piperazine rings is 1. The van der Waals surface area contributed by atoms with Crippen LogP contribution in [0.1, 0.15) is 17.3 Å². The molecule has 2 rings (SSSR count). The first-order valence-corrected chi connectivity index (χ1v) is 5.67. The van der Waals surface area contributed by atoms with Gasteiger partial charge in [-0.15, -0.1) is 0 Å². The zero-order chi connectivity index (χ0) is 13.3. The maximum absolute atomic E-state index is 13.5. The van der Waals surface area contributed by atoms with Crippen molar-refractivity contribution in [2.24, 2.45) is 0 Å². The van der Waals surface area contributed by atoms with Crippen molar-refractivity contribution in [3.63, 3.8) is 0 Å². The third kappa shape index (κ3) is 2.33. The summed E-state index contributed by atoms with van der Waals surface area (Å²) in [5.74, 6) is -4.94. The minimum atomic E-state index is -1.61. The Kier molecular flexibility index (Phi) is 3.56. The van der Waals surface area contributed by atoms with E-state index in [1.165, 1.54) is 4.90 Å². The predicted molar refractivity (Wildman–Crippen MR) is 59.7 cm³/mol. The van der Waals surface area contributed by atoms with E-state index in [9.17, 15) is 18.0 Å². The standard InChI is InChI=1S/C12H13F3N2O/c1-7-6-17(5-4-16-7)12(18)8-2-3-9(13)11(15)10(8)14/h2-3,7,16H,4-6H2,1H3/t7-/m1/s1. The van der Waals surface area contributed by atoms with E-state index < -0.39 is 28.9 Å². The van der Waals surface area contributed by atoms with Crippen molar-refractivity contribution < 1.29 is 18.0 Å². The molecule has 1 atom stereocenters. The zero-order valence-electron chi connectivity index (χ0n) is 9.84. The number of rotatable bonds is 1. The third-order valence-electron chi connectivity index (χ3n) is 2.92. The van der Waals surface area contributed by atoms with Crippen molar-refractivity contribution in [2.75, 3.05) is 19.6 Å². The molecule has 18 heavy (non-hydrogen) atoms. The van der Waals surface area contributed by atoms with Crippen LogP contribution in [0.3, 0.4) is 0 Å². The van der Waals surface area contributed by atoms with Crippen molar-refractivity contribution in [1.82, 2.24) is 10.2 Å². The molecule has 1 N–H and O–H groups in total. The van der Waals surface area contributed by atoms with E-state index in [1.807, 2.05) is 6.92 Å². The molecule has 0 unspecified atom stereocenters. The van der Waals surface area contributed by atoms with Crippen molar-refractivity contribution in [2.45, 2.75) is 13.0 Å². The Morgan fingerprint density at radius 3 is 2.72 bits per heavy atom. The monoisotopic (exact) mass is 258 g/mol. The average Bonchev–Trinajstić information content (AvgIpc) is 2.35. The average molecular weight is 258 g/mol. The molecule has 0 aliphatic carbocycles. The van der Waals surface area contributed by atoms with E-state index in [0.717, 1.165) is 12.1 Å². The zero-order valence-corrected chi connectivity index (χ0v) is 9.84. The molecule has 0 bridgehead atoms. The number of halogens is 3. The van der Waals surface area contributed by atoms with Gasteiger partial charge < -0.3 is 10.2 Å². The van der Waals surface area contributed by atoms with Crippen LogP contribution in [0.15, 0.2) is 12.1 Å². The SMILES string of the molecule is C[C@@H]1CN(C(=O)c2ccc(F)c(F)c2F)CCN1. The number of benzene rings is 1. The largest absolute Gasteiger partial charge is 0.336 e. The summed E-state index contributed by atoms with van der Waals surface area (Å²) < 4.78 is 39.3. The van der Waals surface area contributed by atoms with Gasteiger partial charge in [-0.2, -0.15) is 0 Å². The summed E-state index contributed by atoms with van der Waals surface area (Å²) in [7, 11) is 0. The van der Waals surface area contributed by atoms with Gasteiger partial charge in [0.1, 0.15) is 0 Å². The molecule has 3 nitrogen and oxygen atoms in total. The molecule has 1 heterocycles. The lowest BCUT2D eigenvalue weighted by Gasteiger charge is -2.32. The van der Waals surface area contributed by atoms with Crippen LogP contribution < -0.4 is 5.32 Å². The number of nitrogens with zero attached hydrogens (tertiary/aromatic N) is 1. The van der Waals surface area contributed by atoms with Crippen LogP contribution in [0.2, 0.25) is 0 Å². The van der Waals surface area contributed by atoms with Crippen LogP contribution in [0, 0.1) is 17.5 Å². The Balaban J connectivity index is 2.26. The van der Waals surface area contributed by atoms with Gasteiger partial charge in [0.25, 0.3) is 5.91 Å². The Labute approximate surface area is 103 Å². The molecule has 1 fully saturated rings. The first kappa shape index (κ1) is 12.9. The van der Waals surface area contributed by atoms with Gasteiger partial charge in [-0.1, -0.05) is 0 Å². The highest BCUT2D eigenvalue weighted by atomic mass is 19.2. The molecule has 0 radical (unpaired) electrons. The molecule has 1 amide bonds. The van der Waals surface area contributed by atoms with Gasteiger partial charge in [-0.05, 0) is 19.1 Å². The predicted octanol–water partition coefficient (Wildman–Crippen LogP) is 1.54. The second-order valence-electron chi connectivity index (χ2n) is 4.33. The highest BCUT2D eigenvalue weighted by Crippen LogP contribution is 2.17. The number of amides is 1. The lowest BCUT2D eigenvalue weighted by atomic mass is 10.1. The van der Waals surface area contributed by atoms with E-state index in [2.05, 4.69) is 5.32 Å². The quantitative estimate of drug-likeness (QED) is 0.775. The molecule has 1 saturated heterocycles. The highest BCUT2D eigenvalue weighted by Gasteiger charge is 2.26. The van der Waals surface area contributed by atoms with Gasteiger partial charge >= 0.3 is 0 Å². The molecule has 0 saturated carbocycles.